The highest BCUT2D eigenvalue weighted by Crippen LogP contribution is 2.31. The molecule has 0 aliphatic carbocycles. The van der Waals surface area contributed by atoms with E-state index >= 15 is 0 Å². The molecule has 21 heavy (non-hydrogen) atoms. The van der Waals surface area contributed by atoms with Gasteiger partial charge in [-0.05, 0) is 53.2 Å². The topological polar surface area (TPSA) is 46.3 Å². The van der Waals surface area contributed by atoms with Crippen molar-refractivity contribution in [3.05, 3.63) is 63.8 Å². The Morgan fingerprint density at radius 3 is 2.86 bits per heavy atom. The van der Waals surface area contributed by atoms with Gasteiger partial charge in [-0.25, -0.2) is 4.39 Å². The average molecular weight is 350 g/mol. The van der Waals surface area contributed by atoms with Gasteiger partial charge in [0, 0.05) is 33.7 Å². The number of hydrogen-bond donors (Lipinski definition) is 1. The summed E-state index contributed by atoms with van der Waals surface area (Å²) in [6.07, 6.45) is 1.22. The molecular formula is C16H13BrFNO2. The van der Waals surface area contributed by atoms with Gasteiger partial charge >= 0.3 is 0 Å². The van der Waals surface area contributed by atoms with E-state index in [1.54, 1.807) is 12.3 Å². The molecule has 1 unspecified atom stereocenters. The predicted octanol–water partition coefficient (Wildman–Crippen LogP) is 4.31. The minimum atomic E-state index is -0.811. The first-order valence-electron chi connectivity index (χ1n) is 6.51. The zero-order chi connectivity index (χ0) is 15.0. The summed E-state index contributed by atoms with van der Waals surface area (Å²) < 4.78 is 19.8. The third-order valence-electron chi connectivity index (χ3n) is 3.43. The van der Waals surface area contributed by atoms with Crippen LogP contribution in [-0.4, -0.2) is 10.1 Å². The Morgan fingerprint density at radius 1 is 1.33 bits per heavy atom. The maximum atomic E-state index is 13.3. The second-order valence-corrected chi connectivity index (χ2v) is 5.84. The number of aryl methyl sites for hydroxylation is 1. The Kier molecular flexibility index (Phi) is 3.78. The van der Waals surface area contributed by atoms with Crippen LogP contribution in [0.1, 0.15) is 23.1 Å². The summed E-state index contributed by atoms with van der Waals surface area (Å²) in [5.74, 6) is 0.141. The maximum absolute atomic E-state index is 13.3. The number of pyridine rings is 1. The Morgan fingerprint density at radius 2 is 2.14 bits per heavy atom. The number of aliphatic hydroxyl groups excluding tert-OH is 1. The lowest BCUT2D eigenvalue weighted by atomic mass is 10.1. The van der Waals surface area contributed by atoms with Crippen molar-refractivity contribution < 1.29 is 13.9 Å². The van der Waals surface area contributed by atoms with Crippen LogP contribution in [0.4, 0.5) is 4.39 Å². The molecule has 2 aromatic heterocycles. The molecule has 5 heteroatoms. The van der Waals surface area contributed by atoms with Gasteiger partial charge in [-0.3, -0.25) is 4.98 Å². The van der Waals surface area contributed by atoms with E-state index in [1.807, 2.05) is 19.1 Å². The number of aromatic nitrogens is 1. The lowest BCUT2D eigenvalue weighted by Gasteiger charge is -2.08. The smallest absolute Gasteiger partial charge is 0.137 e. The van der Waals surface area contributed by atoms with Crippen LogP contribution in [-0.2, 0) is 6.42 Å². The SMILES string of the molecule is Cc1c(C(O)Cc2ccc(Br)cn2)oc2ccc(F)cc12. The Balaban J connectivity index is 1.92. The van der Waals surface area contributed by atoms with Crippen molar-refractivity contribution in [2.75, 3.05) is 0 Å². The number of aliphatic hydroxyl groups is 1. The summed E-state index contributed by atoms with van der Waals surface area (Å²) in [6.45, 7) is 1.82. The van der Waals surface area contributed by atoms with Gasteiger partial charge in [-0.1, -0.05) is 0 Å². The monoisotopic (exact) mass is 349 g/mol. The molecule has 0 amide bonds. The Hall–Kier alpha value is -1.72. The van der Waals surface area contributed by atoms with E-state index in [0.717, 1.165) is 15.7 Å². The lowest BCUT2D eigenvalue weighted by molar-refractivity contribution is 0.150. The van der Waals surface area contributed by atoms with Crippen LogP contribution in [0.5, 0.6) is 0 Å². The second-order valence-electron chi connectivity index (χ2n) is 4.92. The lowest BCUT2D eigenvalue weighted by Crippen LogP contribution is -2.03. The third-order valence-corrected chi connectivity index (χ3v) is 3.90. The first-order chi connectivity index (χ1) is 10.0. The normalized spacial score (nSPS) is 12.8. The van der Waals surface area contributed by atoms with Crippen molar-refractivity contribution in [3.63, 3.8) is 0 Å². The molecule has 108 valence electrons. The van der Waals surface area contributed by atoms with Gasteiger partial charge in [0.2, 0.25) is 0 Å². The number of rotatable bonds is 3. The molecule has 3 aromatic rings. The molecule has 2 heterocycles. The highest BCUT2D eigenvalue weighted by molar-refractivity contribution is 9.10. The van der Waals surface area contributed by atoms with Crippen molar-refractivity contribution in [1.29, 1.82) is 0 Å². The number of benzene rings is 1. The van der Waals surface area contributed by atoms with Gasteiger partial charge in [0.25, 0.3) is 0 Å². The van der Waals surface area contributed by atoms with E-state index in [9.17, 15) is 9.50 Å². The van der Waals surface area contributed by atoms with Crippen molar-refractivity contribution >= 4 is 26.9 Å². The molecule has 0 fully saturated rings. The molecule has 0 saturated carbocycles. The van der Waals surface area contributed by atoms with Crippen LogP contribution in [0, 0.1) is 12.7 Å². The van der Waals surface area contributed by atoms with Crippen LogP contribution in [0.2, 0.25) is 0 Å². The quantitative estimate of drug-likeness (QED) is 0.766. The van der Waals surface area contributed by atoms with Gasteiger partial charge in [0.1, 0.15) is 23.3 Å². The fourth-order valence-electron chi connectivity index (χ4n) is 2.35. The average Bonchev–Trinajstić information content (AvgIpc) is 2.79. The zero-order valence-corrected chi connectivity index (χ0v) is 12.9. The van der Waals surface area contributed by atoms with Crippen LogP contribution in [0.15, 0.2) is 45.4 Å². The molecular weight excluding hydrogens is 337 g/mol. The van der Waals surface area contributed by atoms with E-state index in [4.69, 9.17) is 4.42 Å². The standard InChI is InChI=1S/C16H13BrFNO2/c1-9-13-6-11(18)3-5-15(13)21-16(9)14(20)7-12-4-2-10(17)8-19-12/h2-6,8,14,20H,7H2,1H3. The Bertz CT molecular complexity index is 783. The fraction of sp³-hybridized carbons (Fsp3) is 0.188. The number of fused-ring (bicyclic) bond motifs is 1. The molecule has 3 nitrogen and oxygen atoms in total. The fourth-order valence-corrected chi connectivity index (χ4v) is 2.58. The van der Waals surface area contributed by atoms with Gasteiger partial charge in [-0.2, -0.15) is 0 Å². The third kappa shape index (κ3) is 2.84. The summed E-state index contributed by atoms with van der Waals surface area (Å²) >= 11 is 3.32. The highest BCUT2D eigenvalue weighted by atomic mass is 79.9. The van der Waals surface area contributed by atoms with Crippen molar-refractivity contribution in [3.8, 4) is 0 Å². The van der Waals surface area contributed by atoms with E-state index < -0.39 is 6.10 Å². The van der Waals surface area contributed by atoms with Crippen molar-refractivity contribution in [1.82, 2.24) is 4.98 Å². The van der Waals surface area contributed by atoms with Crippen molar-refractivity contribution in [2.45, 2.75) is 19.4 Å². The largest absolute Gasteiger partial charge is 0.458 e. The summed E-state index contributed by atoms with van der Waals surface area (Å²) in [4.78, 5) is 4.23. The predicted molar refractivity (Wildman–Crippen MR) is 81.5 cm³/mol. The van der Waals surface area contributed by atoms with Crippen LogP contribution >= 0.6 is 15.9 Å². The molecule has 0 saturated heterocycles. The first-order valence-corrected chi connectivity index (χ1v) is 7.31. The minimum absolute atomic E-state index is 0.318. The Labute approximate surface area is 129 Å². The number of nitrogens with zero attached hydrogens (tertiary/aromatic N) is 1. The highest BCUT2D eigenvalue weighted by Gasteiger charge is 2.19. The van der Waals surface area contributed by atoms with Gasteiger partial charge in [-0.15, -0.1) is 0 Å². The molecule has 0 spiro atoms. The zero-order valence-electron chi connectivity index (χ0n) is 11.3. The molecule has 1 atom stereocenters. The first kappa shape index (κ1) is 14.2. The number of halogens is 2. The summed E-state index contributed by atoms with van der Waals surface area (Å²) in [6, 6.07) is 8.05. The number of hydrogen-bond acceptors (Lipinski definition) is 3. The molecule has 3 rings (SSSR count). The van der Waals surface area contributed by atoms with E-state index in [1.165, 1.54) is 12.1 Å². The van der Waals surface area contributed by atoms with Crippen LogP contribution < -0.4 is 0 Å². The van der Waals surface area contributed by atoms with Crippen molar-refractivity contribution in [2.24, 2.45) is 0 Å². The van der Waals surface area contributed by atoms with E-state index in [2.05, 4.69) is 20.9 Å². The summed E-state index contributed by atoms with van der Waals surface area (Å²) in [5.41, 5.74) is 2.09. The molecule has 0 aliphatic rings. The minimum Gasteiger partial charge on any atom is -0.458 e. The molecule has 0 bridgehead atoms. The van der Waals surface area contributed by atoms with Gasteiger partial charge in [0.15, 0.2) is 0 Å². The molecule has 0 aliphatic heterocycles. The van der Waals surface area contributed by atoms with Crippen LogP contribution in [0.3, 0.4) is 0 Å². The van der Waals surface area contributed by atoms with E-state index in [-0.39, 0.29) is 5.82 Å². The summed E-state index contributed by atoms with van der Waals surface area (Å²) in [5, 5.41) is 11.0. The summed E-state index contributed by atoms with van der Waals surface area (Å²) in [7, 11) is 0. The van der Waals surface area contributed by atoms with Gasteiger partial charge in [0.05, 0.1) is 0 Å². The van der Waals surface area contributed by atoms with E-state index in [0.29, 0.717) is 23.2 Å². The van der Waals surface area contributed by atoms with Crippen LogP contribution in [0.25, 0.3) is 11.0 Å². The maximum Gasteiger partial charge on any atom is 0.137 e. The molecule has 1 aromatic carbocycles. The van der Waals surface area contributed by atoms with Gasteiger partial charge < -0.3 is 9.52 Å². The number of furan rings is 1. The molecule has 1 N–H and O–H groups in total. The molecule has 0 radical (unpaired) electrons. The second kappa shape index (κ2) is 5.58.